The maximum Gasteiger partial charge on any atom is 0.250 e. The Bertz CT molecular complexity index is 1960. The van der Waals surface area contributed by atoms with Crippen molar-refractivity contribution in [1.29, 1.82) is 0 Å². The number of ketones is 1. The lowest BCUT2D eigenvalue weighted by Gasteiger charge is -2.36. The first kappa shape index (κ1) is 31.9. The Morgan fingerprint density at radius 1 is 0.660 bits per heavy atom. The van der Waals surface area contributed by atoms with Gasteiger partial charge in [0.2, 0.25) is 8.32 Å². The maximum atomic E-state index is 14.3. The van der Waals surface area contributed by atoms with Crippen LogP contribution in [0.3, 0.4) is 0 Å². The van der Waals surface area contributed by atoms with Crippen molar-refractivity contribution in [1.82, 2.24) is 4.98 Å². The molecule has 0 saturated heterocycles. The standard InChI is InChI=1S/C41H41NO4Si/c1-41(2,3)47(4,5)46-34-22-18-32(19-23-34)40(43)38-36-25-24-35(45-28-30-14-10-7-11-15-30)26-37(36)42-39(38)31-16-20-33(21-17-31)44-27-29-12-8-6-9-13-29/h6-26,42H,27-28H2,1-5H3. The van der Waals surface area contributed by atoms with Gasteiger partial charge >= 0.3 is 0 Å². The fourth-order valence-electron chi connectivity index (χ4n) is 5.18. The van der Waals surface area contributed by atoms with Gasteiger partial charge in [0.25, 0.3) is 0 Å². The summed E-state index contributed by atoms with van der Waals surface area (Å²) in [5, 5.41) is 0.912. The number of H-pyrrole nitrogens is 1. The molecule has 1 aromatic heterocycles. The predicted octanol–water partition coefficient (Wildman–Crippen LogP) is 10.6. The molecule has 0 bridgehead atoms. The number of ether oxygens (including phenoxy) is 2. The zero-order valence-electron chi connectivity index (χ0n) is 27.7. The van der Waals surface area contributed by atoms with Gasteiger partial charge in [0, 0.05) is 17.0 Å². The Labute approximate surface area is 278 Å². The molecule has 5 aromatic carbocycles. The molecule has 0 aliphatic carbocycles. The first-order valence-electron chi connectivity index (χ1n) is 16.0. The molecule has 1 heterocycles. The second-order valence-corrected chi connectivity index (χ2v) is 18.1. The minimum absolute atomic E-state index is 0.0625. The third-order valence-electron chi connectivity index (χ3n) is 8.93. The average Bonchev–Trinajstić information content (AvgIpc) is 3.46. The largest absolute Gasteiger partial charge is 0.544 e. The molecule has 6 aromatic rings. The van der Waals surface area contributed by atoms with E-state index in [2.05, 4.69) is 38.8 Å². The van der Waals surface area contributed by atoms with Crippen molar-refractivity contribution in [3.8, 4) is 28.5 Å². The van der Waals surface area contributed by atoms with Crippen molar-refractivity contribution in [2.45, 2.75) is 52.1 Å². The number of benzene rings is 5. The van der Waals surface area contributed by atoms with Crippen LogP contribution in [0.2, 0.25) is 18.1 Å². The van der Waals surface area contributed by atoms with E-state index in [4.69, 9.17) is 13.9 Å². The highest BCUT2D eigenvalue weighted by Gasteiger charge is 2.39. The first-order valence-corrected chi connectivity index (χ1v) is 18.9. The van der Waals surface area contributed by atoms with Gasteiger partial charge in [-0.2, -0.15) is 0 Å². The van der Waals surface area contributed by atoms with Crippen molar-refractivity contribution in [3.05, 3.63) is 150 Å². The summed E-state index contributed by atoms with van der Waals surface area (Å²) in [5.41, 5.74) is 5.88. The van der Waals surface area contributed by atoms with Gasteiger partial charge in [-0.1, -0.05) is 81.4 Å². The highest BCUT2D eigenvalue weighted by molar-refractivity contribution is 6.74. The lowest BCUT2D eigenvalue weighted by atomic mass is 9.97. The van der Waals surface area contributed by atoms with Crippen LogP contribution in [0.5, 0.6) is 17.2 Å². The molecule has 0 aliphatic heterocycles. The summed E-state index contributed by atoms with van der Waals surface area (Å²) in [7, 11) is -2.01. The van der Waals surface area contributed by atoms with Gasteiger partial charge in [-0.3, -0.25) is 4.79 Å². The highest BCUT2D eigenvalue weighted by atomic mass is 28.4. The Morgan fingerprint density at radius 2 is 1.19 bits per heavy atom. The second-order valence-electron chi connectivity index (χ2n) is 13.4. The molecule has 6 heteroatoms. The van der Waals surface area contributed by atoms with Crippen LogP contribution in [0.4, 0.5) is 0 Å². The van der Waals surface area contributed by atoms with Crippen molar-refractivity contribution in [2.75, 3.05) is 0 Å². The van der Waals surface area contributed by atoms with E-state index in [9.17, 15) is 4.79 Å². The molecule has 0 fully saturated rings. The van der Waals surface area contributed by atoms with E-state index in [-0.39, 0.29) is 10.8 Å². The first-order chi connectivity index (χ1) is 22.6. The monoisotopic (exact) mass is 639 g/mol. The molecule has 0 amide bonds. The third kappa shape index (κ3) is 7.34. The number of carbonyl (C=O) groups excluding carboxylic acids is 1. The lowest BCUT2D eigenvalue weighted by molar-refractivity contribution is 0.104. The Hall–Kier alpha value is -5.07. The van der Waals surface area contributed by atoms with Crippen molar-refractivity contribution in [3.63, 3.8) is 0 Å². The van der Waals surface area contributed by atoms with Gasteiger partial charge in [-0.05, 0) is 95.5 Å². The minimum Gasteiger partial charge on any atom is -0.544 e. The van der Waals surface area contributed by atoms with E-state index in [0.717, 1.165) is 50.5 Å². The average molecular weight is 640 g/mol. The molecule has 1 N–H and O–H groups in total. The maximum absolute atomic E-state index is 14.3. The van der Waals surface area contributed by atoms with Gasteiger partial charge in [0.1, 0.15) is 30.5 Å². The smallest absolute Gasteiger partial charge is 0.250 e. The normalized spacial score (nSPS) is 11.8. The number of rotatable bonds is 11. The van der Waals surface area contributed by atoms with E-state index in [1.807, 2.05) is 127 Å². The number of aromatic amines is 1. The van der Waals surface area contributed by atoms with Gasteiger partial charge in [-0.25, -0.2) is 0 Å². The van der Waals surface area contributed by atoms with Crippen molar-refractivity contribution in [2.24, 2.45) is 0 Å². The lowest BCUT2D eigenvalue weighted by Crippen LogP contribution is -2.43. The topological polar surface area (TPSA) is 60.5 Å². The van der Waals surface area contributed by atoms with Gasteiger partial charge in [0.05, 0.1) is 16.8 Å². The van der Waals surface area contributed by atoms with Crippen LogP contribution in [0.15, 0.2) is 127 Å². The fourth-order valence-corrected chi connectivity index (χ4v) is 6.22. The summed E-state index contributed by atoms with van der Waals surface area (Å²) in [5.74, 6) is 2.21. The quantitative estimate of drug-likeness (QED) is 0.113. The molecule has 238 valence electrons. The van der Waals surface area contributed by atoms with E-state index < -0.39 is 8.32 Å². The molecular formula is C41H41NO4Si. The van der Waals surface area contributed by atoms with Crippen LogP contribution in [-0.4, -0.2) is 19.1 Å². The molecule has 6 rings (SSSR count). The summed E-state index contributed by atoms with van der Waals surface area (Å²) in [6, 6.07) is 41.4. The Morgan fingerprint density at radius 3 is 1.77 bits per heavy atom. The summed E-state index contributed by atoms with van der Waals surface area (Å²) >= 11 is 0. The van der Waals surface area contributed by atoms with E-state index in [0.29, 0.717) is 24.3 Å². The van der Waals surface area contributed by atoms with Crippen LogP contribution in [0.1, 0.15) is 47.8 Å². The summed E-state index contributed by atoms with van der Waals surface area (Å²) in [4.78, 5) is 17.8. The number of hydrogen-bond acceptors (Lipinski definition) is 4. The molecule has 0 aliphatic rings. The van der Waals surface area contributed by atoms with E-state index in [1.54, 1.807) is 0 Å². The molecule has 0 atom stereocenters. The molecule has 0 spiro atoms. The SMILES string of the molecule is CC(C)(C)[Si](C)(C)Oc1ccc(C(=O)c2c(-c3ccc(OCc4ccccc4)cc3)[nH]c3cc(OCc4ccccc4)ccc23)cc1. The van der Waals surface area contributed by atoms with E-state index in [1.165, 1.54) is 0 Å². The molecule has 0 radical (unpaired) electrons. The number of fused-ring (bicyclic) bond motifs is 1. The van der Waals surface area contributed by atoms with Crippen molar-refractivity contribution < 1.29 is 18.7 Å². The molecule has 0 unspecified atom stereocenters. The van der Waals surface area contributed by atoms with Crippen LogP contribution in [-0.2, 0) is 13.2 Å². The van der Waals surface area contributed by atoms with Crippen molar-refractivity contribution >= 4 is 25.0 Å². The van der Waals surface area contributed by atoms with Gasteiger partial charge < -0.3 is 18.9 Å². The predicted molar refractivity (Wildman–Crippen MR) is 193 cm³/mol. The van der Waals surface area contributed by atoms with Crippen LogP contribution < -0.4 is 13.9 Å². The Balaban J connectivity index is 1.31. The van der Waals surface area contributed by atoms with E-state index >= 15 is 0 Å². The van der Waals surface area contributed by atoms with Crippen LogP contribution in [0.25, 0.3) is 22.2 Å². The number of aromatic nitrogens is 1. The summed E-state index contributed by atoms with van der Waals surface area (Å²) in [6.07, 6.45) is 0. The number of carbonyl (C=O) groups is 1. The molecule has 0 saturated carbocycles. The summed E-state index contributed by atoms with van der Waals surface area (Å²) in [6.45, 7) is 12.0. The third-order valence-corrected chi connectivity index (χ3v) is 13.3. The molecular weight excluding hydrogens is 599 g/mol. The van der Waals surface area contributed by atoms with Crippen LogP contribution >= 0.6 is 0 Å². The highest BCUT2D eigenvalue weighted by Crippen LogP contribution is 2.38. The van der Waals surface area contributed by atoms with Crippen LogP contribution in [0, 0.1) is 0 Å². The molecule has 47 heavy (non-hydrogen) atoms. The zero-order chi connectivity index (χ0) is 33.0. The van der Waals surface area contributed by atoms with Gasteiger partial charge in [0.15, 0.2) is 5.78 Å². The zero-order valence-corrected chi connectivity index (χ0v) is 28.7. The molecule has 5 nitrogen and oxygen atoms in total. The van der Waals surface area contributed by atoms with Gasteiger partial charge in [-0.15, -0.1) is 0 Å². The minimum atomic E-state index is -2.01. The number of nitrogens with one attached hydrogen (secondary N) is 1. The Kier molecular flexibility index (Phi) is 9.05. The summed E-state index contributed by atoms with van der Waals surface area (Å²) < 4.78 is 18.6. The number of hydrogen-bond donors (Lipinski definition) is 1. The fraction of sp³-hybridized carbons (Fsp3) is 0.195. The second kappa shape index (κ2) is 13.3.